The predicted octanol–water partition coefficient (Wildman–Crippen LogP) is -4.22. The van der Waals surface area contributed by atoms with Gasteiger partial charge in [-0.2, -0.15) is 0 Å². The fraction of sp³-hybridized carbons (Fsp3) is 0.688. The molecule has 7 N–H and O–H groups in total. The molecule has 33 nitrogen and oxygen atoms in total. The number of nitrogen functional groups attached to an aromatic ring is 2. The van der Waals surface area contributed by atoms with Gasteiger partial charge in [-0.05, 0) is 20.8 Å². The van der Waals surface area contributed by atoms with Gasteiger partial charge in [0.25, 0.3) is 42.8 Å². The van der Waals surface area contributed by atoms with Crippen molar-refractivity contribution in [2.24, 2.45) is 7.05 Å². The molecule has 4 aromatic rings. The Morgan fingerprint density at radius 2 is 1.62 bits per heavy atom. The third kappa shape index (κ3) is 10.6. The number of phosphoric ester groups is 3. The Hall–Kier alpha value is -3.30. The lowest BCUT2D eigenvalue weighted by molar-refractivity contribution is -0.752. The lowest BCUT2D eigenvalue weighted by Crippen LogP contribution is -2.50. The van der Waals surface area contributed by atoms with Gasteiger partial charge >= 0.3 is 5.65 Å². The van der Waals surface area contributed by atoms with E-state index in [1.807, 2.05) is 0 Å². The van der Waals surface area contributed by atoms with Crippen LogP contribution in [0.3, 0.4) is 0 Å². The number of H-pyrrole nitrogens is 1. The number of aliphatic hydroxyl groups is 2. The molecule has 8 heterocycles. The summed E-state index contributed by atoms with van der Waals surface area (Å²) in [6.07, 6.45) is -11.6. The van der Waals surface area contributed by atoms with Crippen molar-refractivity contribution in [3.63, 3.8) is 0 Å². The molecule has 4 aromatic heterocycles. The number of rotatable bonds is 20. The molecule has 0 amide bonds. The molecule has 384 valence electrons. The molecule has 69 heavy (non-hydrogen) atoms. The minimum atomic E-state index is -6.52. The lowest BCUT2D eigenvalue weighted by Gasteiger charge is -2.36. The van der Waals surface area contributed by atoms with Gasteiger partial charge in [0.15, 0.2) is 24.0 Å². The van der Waals surface area contributed by atoms with E-state index in [0.29, 0.717) is 0 Å². The Morgan fingerprint density at radius 3 is 2.30 bits per heavy atom. The molecular weight excluding hydrogens is 1020 g/mol. The molecule has 2 bridgehead atoms. The highest BCUT2D eigenvalue weighted by Crippen LogP contribution is 2.63. The molecule has 37 heteroatoms. The van der Waals surface area contributed by atoms with E-state index in [1.165, 1.54) is 34.0 Å². The summed E-state index contributed by atoms with van der Waals surface area (Å²) >= 11 is 0. The van der Waals surface area contributed by atoms with Crippen molar-refractivity contribution < 1.29 is 108 Å². The molecule has 0 aliphatic carbocycles. The number of ether oxygens (including phenoxy) is 6. The molecule has 4 fully saturated rings. The van der Waals surface area contributed by atoms with Gasteiger partial charge in [0.05, 0.1) is 52.0 Å². The maximum Gasteiger partial charge on any atom is 0.313 e. The first kappa shape index (κ1) is 52.0. The van der Waals surface area contributed by atoms with Gasteiger partial charge in [0, 0.05) is 7.11 Å². The van der Waals surface area contributed by atoms with Crippen LogP contribution in [0.15, 0.2) is 23.8 Å². The number of fused-ring (bicyclic) bond motifs is 4. The summed E-state index contributed by atoms with van der Waals surface area (Å²) in [5.74, 6) is -0.325. The summed E-state index contributed by atoms with van der Waals surface area (Å²) in [7, 11) is -21.8. The minimum absolute atomic E-state index is 0.00406. The topological polar surface area (TPSA) is 462 Å². The second-order valence-corrected chi connectivity index (χ2v) is 22.2. The molecule has 4 saturated heterocycles. The highest BCUT2D eigenvalue weighted by atomic mass is 31.3. The Kier molecular flexibility index (Phi) is 14.5. The van der Waals surface area contributed by atoms with Gasteiger partial charge in [0.2, 0.25) is 11.7 Å². The first-order valence-electron chi connectivity index (χ1n) is 20.4. The maximum absolute atomic E-state index is 13.4. The van der Waals surface area contributed by atoms with Crippen LogP contribution in [-0.4, -0.2) is 144 Å². The van der Waals surface area contributed by atoms with Crippen LogP contribution in [0.25, 0.3) is 22.3 Å². The molecule has 0 saturated carbocycles. The van der Waals surface area contributed by atoms with E-state index in [-0.39, 0.29) is 34.1 Å². The van der Waals surface area contributed by atoms with E-state index >= 15 is 0 Å². The molecule has 0 radical (unpaired) electrons. The number of methoxy groups -OCH3 is 1. The smallest absolute Gasteiger partial charge is 0.313 e. The number of aliphatic hydroxyl groups excluding tert-OH is 2. The number of nitrogens with one attached hydrogen (secondary N) is 1. The average Bonchev–Trinajstić information content (AvgIpc) is 4.08. The number of aromatic amines is 1. The fourth-order valence-corrected chi connectivity index (χ4v) is 12.6. The highest BCUT2D eigenvalue weighted by Gasteiger charge is 2.64. The van der Waals surface area contributed by atoms with Gasteiger partial charge in [-0.25, -0.2) is 28.1 Å². The number of nitrogens with two attached hydrogens (primary N) is 2. The van der Waals surface area contributed by atoms with E-state index in [9.17, 15) is 52.8 Å². The monoisotopic (exact) mass is 1060 g/mol. The van der Waals surface area contributed by atoms with Gasteiger partial charge in [0.1, 0.15) is 66.3 Å². The average molecular weight is 1060 g/mol. The number of hydrogen-bond donors (Lipinski definition) is 5. The van der Waals surface area contributed by atoms with Crippen LogP contribution in [0.5, 0.6) is 0 Å². The van der Waals surface area contributed by atoms with Crippen LogP contribution >= 0.6 is 31.3 Å². The van der Waals surface area contributed by atoms with Crippen molar-refractivity contribution >= 4 is 65.4 Å². The number of aromatic nitrogens is 8. The Labute approximate surface area is 387 Å². The van der Waals surface area contributed by atoms with E-state index in [2.05, 4.69) is 33.5 Å². The molecule has 4 aliphatic heterocycles. The number of aryl methyl sites for hydroxylation is 1. The zero-order valence-corrected chi connectivity index (χ0v) is 40.1. The van der Waals surface area contributed by atoms with Crippen molar-refractivity contribution in [1.82, 2.24) is 34.1 Å². The second kappa shape index (κ2) is 19.3. The number of anilines is 2. The number of nitrogens with zero attached hydrogens (tertiary/aromatic N) is 7. The summed E-state index contributed by atoms with van der Waals surface area (Å²) < 4.78 is 118. The standard InChI is InChI=1S/C32H48N10O23P4/c1-13(2)59-20-15(60-14(3)19(20)43)6-56-66(46,47)63-21-16(61-29(22(21)54-5)41-11-37-17-25(33)35-10-36-26(17)41)7-57-67(48,49)64-69(52,53)65-68(50,51)58-9-32-8-55-23(24(32)44)30(62-32)42-12-40(4)18-27(42)38-31(34)39-28(18)45/h10-16,19-24,29-30,43-44H,6-9H2,1-5H3,(H8-,33,34,35,36,38,39,45,46,47,48,49,50,51,52,53)/p-3/t14-,15+,16+,19?,20-,21-,22?,23?,24+,29+,30+,32+/m0/s1. The van der Waals surface area contributed by atoms with Crippen LogP contribution in [0.2, 0.25) is 0 Å². The van der Waals surface area contributed by atoms with Gasteiger partial charge in [-0.1, -0.05) is 4.98 Å². The first-order valence-corrected chi connectivity index (χ1v) is 26.2. The SMILES string of the molecule is COC1[C@@H](OP(=O)([O-])OC[C@H]2O[C@@H](C)C(O)[C@H]2OC(C)C)[C@@H](COP(=O)([O-])OP(=O)([O-])OP(=O)([O-])OC[C@@]23COC([C@H]([n+]4cn(C)c5c(=O)[nH]c(N)nc54)O2)[C@H]3O)O[C@H]1n1cnc2c(N)ncnc21. The normalized spacial score (nSPS) is 33.8. The van der Waals surface area contributed by atoms with Crippen molar-refractivity contribution in [2.75, 3.05) is 45.0 Å². The predicted molar refractivity (Wildman–Crippen MR) is 215 cm³/mol. The Bertz CT molecular complexity index is 2820. The number of hydrogen-bond acceptors (Lipinski definition) is 29. The van der Waals surface area contributed by atoms with Gasteiger partial charge in [-0.3, -0.25) is 37.2 Å². The summed E-state index contributed by atoms with van der Waals surface area (Å²) in [6, 6.07) is 0. The van der Waals surface area contributed by atoms with Crippen LogP contribution in [0.1, 0.15) is 33.2 Å². The van der Waals surface area contributed by atoms with Crippen LogP contribution < -0.4 is 41.2 Å². The van der Waals surface area contributed by atoms with Crippen LogP contribution in [0.4, 0.5) is 11.8 Å². The van der Waals surface area contributed by atoms with Gasteiger partial charge < -0.3 is 87.8 Å². The molecule has 4 aliphatic rings. The van der Waals surface area contributed by atoms with Crippen LogP contribution in [0, 0.1) is 0 Å². The van der Waals surface area contributed by atoms with Crippen LogP contribution in [-0.2, 0) is 80.4 Å². The third-order valence-corrected chi connectivity index (χ3v) is 16.3. The minimum Gasteiger partial charge on any atom is -0.756 e. The second-order valence-electron chi connectivity index (χ2n) is 16.3. The molecule has 0 aromatic carbocycles. The zero-order valence-electron chi connectivity index (χ0n) is 36.5. The van der Waals surface area contributed by atoms with Gasteiger partial charge in [-0.15, -0.1) is 0 Å². The van der Waals surface area contributed by atoms with Crippen molar-refractivity contribution in [2.45, 2.75) is 99.9 Å². The summed E-state index contributed by atoms with van der Waals surface area (Å²) in [4.78, 5) is 83.1. The van der Waals surface area contributed by atoms with E-state index in [1.54, 1.807) is 13.8 Å². The van der Waals surface area contributed by atoms with E-state index < -0.39 is 142 Å². The van der Waals surface area contributed by atoms with Crippen molar-refractivity contribution in [1.29, 1.82) is 0 Å². The Balaban J connectivity index is 0.938. The van der Waals surface area contributed by atoms with E-state index in [4.69, 9.17) is 58.0 Å². The summed E-state index contributed by atoms with van der Waals surface area (Å²) in [5, 5.41) is 21.6. The molecule has 16 atom stereocenters. The van der Waals surface area contributed by atoms with Crippen molar-refractivity contribution in [3.8, 4) is 0 Å². The molecular formula is C32H45N10O23P4-3. The summed E-state index contributed by atoms with van der Waals surface area (Å²) in [5.41, 5.74) is 9.15. The van der Waals surface area contributed by atoms with Crippen molar-refractivity contribution in [3.05, 3.63) is 29.3 Å². The summed E-state index contributed by atoms with van der Waals surface area (Å²) in [6.45, 7) is 1.21. The third-order valence-electron chi connectivity index (χ3n) is 11.2. The molecule has 0 spiro atoms. The first-order chi connectivity index (χ1) is 32.2. The Morgan fingerprint density at radius 1 is 0.957 bits per heavy atom. The highest BCUT2D eigenvalue weighted by molar-refractivity contribution is 7.65. The number of imidazole rings is 2. The number of phosphoric acid groups is 4. The lowest BCUT2D eigenvalue weighted by atomic mass is 10.0. The fourth-order valence-electron chi connectivity index (χ4n) is 8.24. The molecule has 7 unspecified atom stereocenters. The largest absolute Gasteiger partial charge is 0.756 e. The molecule has 8 rings (SSSR count). The quantitative estimate of drug-likeness (QED) is 0.0414. The zero-order chi connectivity index (χ0) is 50.2. The van der Waals surface area contributed by atoms with E-state index in [0.717, 1.165) is 19.8 Å². The maximum atomic E-state index is 13.4.